The van der Waals surface area contributed by atoms with E-state index in [1.54, 1.807) is 42.9 Å². The lowest BCUT2D eigenvalue weighted by Crippen LogP contribution is -2.44. The van der Waals surface area contributed by atoms with Crippen LogP contribution in [0.25, 0.3) is 22.3 Å². The Bertz CT molecular complexity index is 1480. The molecule has 0 aliphatic carbocycles. The van der Waals surface area contributed by atoms with Gasteiger partial charge in [-0.1, -0.05) is 6.92 Å². The Morgan fingerprint density at radius 3 is 2.66 bits per heavy atom. The second kappa shape index (κ2) is 7.64. The van der Waals surface area contributed by atoms with Crippen molar-refractivity contribution < 1.29 is 24.1 Å². The summed E-state index contributed by atoms with van der Waals surface area (Å²) in [5, 5.41) is 20.6. The average Bonchev–Trinajstić information content (AvgIpc) is 3.17. The number of nitrogens with one attached hydrogen (secondary N) is 1. The zero-order valence-corrected chi connectivity index (χ0v) is 20.3. The van der Waals surface area contributed by atoms with Crippen LogP contribution in [0.1, 0.15) is 56.4 Å². The molecule has 1 unspecified atom stereocenters. The molecule has 5 rings (SSSR count). The number of benzene rings is 1. The standard InChI is InChI=1S/C26H27N3O6/c1-6-26(32)17-10-19-21-15(11-29(19)23(30)16(17)12-34-24(26)31)20(22(27)35-25(2,3)4)14-9-13(33-5)7-8-18(14)28-21/h7-10,27,32H,6,11-12H2,1-5H3. The van der Waals surface area contributed by atoms with Crippen molar-refractivity contribution in [2.45, 2.75) is 58.5 Å². The van der Waals surface area contributed by atoms with Crippen LogP contribution in [0.2, 0.25) is 0 Å². The number of carbonyl (C=O) groups is 1. The second-order valence-corrected chi connectivity index (χ2v) is 9.84. The van der Waals surface area contributed by atoms with Gasteiger partial charge in [0.25, 0.3) is 5.56 Å². The monoisotopic (exact) mass is 477 g/mol. The zero-order chi connectivity index (χ0) is 25.3. The molecule has 9 nitrogen and oxygen atoms in total. The number of fused-ring (bicyclic) bond motifs is 5. The summed E-state index contributed by atoms with van der Waals surface area (Å²) in [4.78, 5) is 30.8. The number of cyclic esters (lactones) is 1. The van der Waals surface area contributed by atoms with Crippen molar-refractivity contribution in [2.24, 2.45) is 0 Å². The summed E-state index contributed by atoms with van der Waals surface area (Å²) in [5.74, 6) is -0.200. The number of aromatic nitrogens is 2. The molecule has 2 aromatic heterocycles. The molecule has 0 amide bonds. The molecule has 2 N–H and O–H groups in total. The van der Waals surface area contributed by atoms with Crippen molar-refractivity contribution >= 4 is 22.8 Å². The first-order valence-electron chi connectivity index (χ1n) is 11.4. The van der Waals surface area contributed by atoms with Crippen molar-refractivity contribution in [3.63, 3.8) is 0 Å². The predicted molar refractivity (Wildman–Crippen MR) is 129 cm³/mol. The van der Waals surface area contributed by atoms with E-state index in [2.05, 4.69) is 0 Å². The first-order chi connectivity index (χ1) is 16.5. The van der Waals surface area contributed by atoms with Crippen LogP contribution in [0.3, 0.4) is 0 Å². The van der Waals surface area contributed by atoms with Crippen LogP contribution in [-0.2, 0) is 33.0 Å². The molecule has 0 spiro atoms. The Hall–Kier alpha value is -3.72. The van der Waals surface area contributed by atoms with Crippen molar-refractivity contribution in [3.8, 4) is 17.1 Å². The molecule has 182 valence electrons. The lowest BCUT2D eigenvalue weighted by atomic mass is 9.86. The van der Waals surface area contributed by atoms with Crippen LogP contribution in [0.15, 0.2) is 29.1 Å². The molecule has 2 aliphatic rings. The molecule has 1 atom stereocenters. The molecule has 0 radical (unpaired) electrons. The number of hydrogen-bond acceptors (Lipinski definition) is 8. The van der Waals surface area contributed by atoms with Crippen molar-refractivity contribution in [2.75, 3.05) is 7.11 Å². The maximum atomic E-state index is 13.5. The van der Waals surface area contributed by atoms with Crippen LogP contribution in [-0.4, -0.2) is 39.2 Å². The van der Waals surface area contributed by atoms with E-state index in [-0.39, 0.29) is 42.2 Å². The van der Waals surface area contributed by atoms with Gasteiger partial charge in [-0.25, -0.2) is 9.78 Å². The first kappa shape index (κ1) is 23.0. The highest BCUT2D eigenvalue weighted by Crippen LogP contribution is 2.41. The maximum Gasteiger partial charge on any atom is 0.343 e. The third kappa shape index (κ3) is 3.41. The van der Waals surface area contributed by atoms with E-state index in [0.717, 1.165) is 0 Å². The van der Waals surface area contributed by atoms with Gasteiger partial charge in [0.2, 0.25) is 5.90 Å². The van der Waals surface area contributed by atoms with Crippen molar-refractivity contribution in [1.82, 2.24) is 9.55 Å². The number of pyridine rings is 2. The highest BCUT2D eigenvalue weighted by molar-refractivity contribution is 6.08. The van der Waals surface area contributed by atoms with Gasteiger partial charge in [-0.15, -0.1) is 0 Å². The molecule has 0 saturated carbocycles. The van der Waals surface area contributed by atoms with E-state index >= 15 is 0 Å². The fourth-order valence-electron chi connectivity index (χ4n) is 4.80. The fourth-order valence-corrected chi connectivity index (χ4v) is 4.80. The molecule has 9 heteroatoms. The van der Waals surface area contributed by atoms with Gasteiger partial charge in [-0.3, -0.25) is 10.2 Å². The molecule has 2 aliphatic heterocycles. The van der Waals surface area contributed by atoms with Crippen LogP contribution < -0.4 is 10.3 Å². The zero-order valence-electron chi connectivity index (χ0n) is 20.3. The van der Waals surface area contributed by atoms with E-state index in [1.807, 2.05) is 20.8 Å². The number of hydrogen-bond donors (Lipinski definition) is 2. The molecule has 1 aromatic carbocycles. The minimum atomic E-state index is -1.90. The van der Waals surface area contributed by atoms with Crippen LogP contribution in [0, 0.1) is 5.41 Å². The van der Waals surface area contributed by atoms with E-state index < -0.39 is 17.2 Å². The van der Waals surface area contributed by atoms with E-state index in [9.17, 15) is 14.7 Å². The summed E-state index contributed by atoms with van der Waals surface area (Å²) in [6.07, 6.45) is 0.0643. The van der Waals surface area contributed by atoms with Gasteiger partial charge in [0.1, 0.15) is 18.0 Å². The lowest BCUT2D eigenvalue weighted by molar-refractivity contribution is -0.172. The van der Waals surface area contributed by atoms with Gasteiger partial charge in [-0.05, 0) is 51.5 Å². The molecule has 4 heterocycles. The molecule has 0 fully saturated rings. The summed E-state index contributed by atoms with van der Waals surface area (Å²) in [6.45, 7) is 7.22. The number of nitrogens with zero attached hydrogens (tertiary/aromatic N) is 2. The van der Waals surface area contributed by atoms with Crippen molar-refractivity contribution in [3.05, 3.63) is 56.9 Å². The SMILES string of the molecule is CCC1(O)C(=O)OCc2c1cc1n(c2=O)Cc2c-1nc1ccc(OC)cc1c2C(=N)OC(C)(C)C. The van der Waals surface area contributed by atoms with Crippen LogP contribution >= 0.6 is 0 Å². The Morgan fingerprint density at radius 1 is 1.26 bits per heavy atom. The minimum absolute atomic E-state index is 0.0383. The normalized spacial score (nSPS) is 18.5. The second-order valence-electron chi connectivity index (χ2n) is 9.84. The van der Waals surface area contributed by atoms with Gasteiger partial charge < -0.3 is 23.9 Å². The number of aliphatic hydroxyl groups is 1. The van der Waals surface area contributed by atoms with E-state index in [0.29, 0.717) is 39.2 Å². The smallest absolute Gasteiger partial charge is 0.343 e. The van der Waals surface area contributed by atoms with Gasteiger partial charge >= 0.3 is 5.97 Å². The summed E-state index contributed by atoms with van der Waals surface area (Å²) >= 11 is 0. The number of carbonyl (C=O) groups excluding carboxylic acids is 1. The third-order valence-electron chi connectivity index (χ3n) is 6.53. The highest BCUT2D eigenvalue weighted by Gasteiger charge is 2.45. The summed E-state index contributed by atoms with van der Waals surface area (Å²) in [7, 11) is 1.57. The Labute approximate surface area is 201 Å². The van der Waals surface area contributed by atoms with E-state index in [4.69, 9.17) is 24.6 Å². The largest absolute Gasteiger partial charge is 0.497 e. The van der Waals surface area contributed by atoms with Crippen LogP contribution in [0.4, 0.5) is 0 Å². The topological polar surface area (TPSA) is 124 Å². The molecular formula is C26H27N3O6. The predicted octanol–water partition coefficient (Wildman–Crippen LogP) is 3.23. The quantitative estimate of drug-likeness (QED) is 0.264. The highest BCUT2D eigenvalue weighted by atomic mass is 16.6. The number of methoxy groups -OCH3 is 1. The van der Waals surface area contributed by atoms with Crippen LogP contribution in [0.5, 0.6) is 5.75 Å². The summed E-state index contributed by atoms with van der Waals surface area (Å²) in [6, 6.07) is 7.03. The van der Waals surface area contributed by atoms with Gasteiger partial charge in [0, 0.05) is 16.5 Å². The number of ether oxygens (including phenoxy) is 3. The molecule has 35 heavy (non-hydrogen) atoms. The van der Waals surface area contributed by atoms with E-state index in [1.165, 1.54) is 0 Å². The Balaban J connectivity index is 1.81. The summed E-state index contributed by atoms with van der Waals surface area (Å²) < 4.78 is 18.0. The fraction of sp³-hybridized carbons (Fsp3) is 0.385. The third-order valence-corrected chi connectivity index (χ3v) is 6.53. The molecule has 3 aromatic rings. The molecular weight excluding hydrogens is 450 g/mol. The Kier molecular flexibility index (Phi) is 5.03. The number of esters is 1. The molecule has 0 saturated heterocycles. The number of rotatable bonds is 3. The Morgan fingerprint density at radius 2 is 2.00 bits per heavy atom. The van der Waals surface area contributed by atoms with Gasteiger partial charge in [-0.2, -0.15) is 0 Å². The van der Waals surface area contributed by atoms with Gasteiger partial charge in [0.05, 0.1) is 41.7 Å². The first-order valence-corrected chi connectivity index (χ1v) is 11.4. The minimum Gasteiger partial charge on any atom is -0.497 e. The van der Waals surface area contributed by atoms with Gasteiger partial charge in [0.15, 0.2) is 5.60 Å². The van der Waals surface area contributed by atoms with Crippen molar-refractivity contribution in [1.29, 1.82) is 5.41 Å². The average molecular weight is 478 g/mol. The summed E-state index contributed by atoms with van der Waals surface area (Å²) in [5.41, 5.74) is 0.403. The maximum absolute atomic E-state index is 13.5. The lowest BCUT2D eigenvalue weighted by Gasteiger charge is -2.31. The molecule has 0 bridgehead atoms.